The average Bonchev–Trinajstić information content (AvgIpc) is 3.10. The molecule has 1 aliphatic rings. The standard InChI is InChI=1S/C16H20N2O2/c1-13-8-9-18(17-13)11-14-4-6-15(7-5-14)20-12-16-3-2-10-19-16/h4-9,16H,2-3,10-12H2,1H3/t16-/m0/s1. The highest BCUT2D eigenvalue weighted by molar-refractivity contribution is 5.27. The summed E-state index contributed by atoms with van der Waals surface area (Å²) in [5.41, 5.74) is 2.26. The maximum absolute atomic E-state index is 5.75. The fraction of sp³-hybridized carbons (Fsp3) is 0.438. The van der Waals surface area contributed by atoms with E-state index in [0.717, 1.165) is 37.4 Å². The molecule has 1 saturated heterocycles. The van der Waals surface area contributed by atoms with Crippen molar-refractivity contribution in [1.29, 1.82) is 0 Å². The normalized spacial score (nSPS) is 18.4. The molecule has 0 unspecified atom stereocenters. The lowest BCUT2D eigenvalue weighted by atomic mass is 10.2. The number of benzene rings is 1. The van der Waals surface area contributed by atoms with Gasteiger partial charge in [0, 0.05) is 12.8 Å². The summed E-state index contributed by atoms with van der Waals surface area (Å²) in [7, 11) is 0. The zero-order chi connectivity index (χ0) is 13.8. The first-order valence-corrected chi connectivity index (χ1v) is 7.13. The Kier molecular flexibility index (Phi) is 4.02. The summed E-state index contributed by atoms with van der Waals surface area (Å²) in [5, 5.41) is 4.39. The monoisotopic (exact) mass is 272 g/mol. The molecule has 1 aromatic carbocycles. The topological polar surface area (TPSA) is 36.3 Å². The van der Waals surface area contributed by atoms with Crippen molar-refractivity contribution < 1.29 is 9.47 Å². The van der Waals surface area contributed by atoms with Crippen molar-refractivity contribution in [3.63, 3.8) is 0 Å². The van der Waals surface area contributed by atoms with Crippen molar-refractivity contribution in [3.05, 3.63) is 47.8 Å². The van der Waals surface area contributed by atoms with Gasteiger partial charge < -0.3 is 9.47 Å². The number of ether oxygens (including phenoxy) is 2. The molecule has 3 rings (SSSR count). The van der Waals surface area contributed by atoms with Crippen molar-refractivity contribution in [2.24, 2.45) is 0 Å². The summed E-state index contributed by atoms with van der Waals surface area (Å²) in [6.07, 6.45) is 4.52. The Morgan fingerprint density at radius 3 is 2.80 bits per heavy atom. The fourth-order valence-corrected chi connectivity index (χ4v) is 2.39. The molecule has 0 bridgehead atoms. The van der Waals surface area contributed by atoms with E-state index in [1.807, 2.05) is 36.0 Å². The second kappa shape index (κ2) is 6.09. The van der Waals surface area contributed by atoms with E-state index in [4.69, 9.17) is 9.47 Å². The van der Waals surface area contributed by atoms with E-state index in [0.29, 0.717) is 6.61 Å². The van der Waals surface area contributed by atoms with Crippen LogP contribution < -0.4 is 4.74 Å². The zero-order valence-electron chi connectivity index (χ0n) is 11.8. The zero-order valence-corrected chi connectivity index (χ0v) is 11.8. The molecular formula is C16H20N2O2. The van der Waals surface area contributed by atoms with E-state index in [1.165, 1.54) is 5.56 Å². The number of hydrogen-bond donors (Lipinski definition) is 0. The fourth-order valence-electron chi connectivity index (χ4n) is 2.39. The first-order chi connectivity index (χ1) is 9.79. The smallest absolute Gasteiger partial charge is 0.119 e. The van der Waals surface area contributed by atoms with Crippen LogP contribution in [-0.2, 0) is 11.3 Å². The van der Waals surface area contributed by atoms with Gasteiger partial charge in [-0.15, -0.1) is 0 Å². The number of nitrogens with zero attached hydrogens (tertiary/aromatic N) is 2. The molecule has 0 aliphatic carbocycles. The summed E-state index contributed by atoms with van der Waals surface area (Å²) in [6, 6.07) is 10.2. The summed E-state index contributed by atoms with van der Waals surface area (Å²) < 4.78 is 13.2. The molecule has 4 nitrogen and oxygen atoms in total. The van der Waals surface area contributed by atoms with Gasteiger partial charge in [0.05, 0.1) is 18.3 Å². The van der Waals surface area contributed by atoms with E-state index < -0.39 is 0 Å². The van der Waals surface area contributed by atoms with Gasteiger partial charge in [-0.3, -0.25) is 4.68 Å². The molecule has 1 atom stereocenters. The summed E-state index contributed by atoms with van der Waals surface area (Å²) in [4.78, 5) is 0. The van der Waals surface area contributed by atoms with Gasteiger partial charge in [0.25, 0.3) is 0 Å². The second-order valence-electron chi connectivity index (χ2n) is 5.24. The van der Waals surface area contributed by atoms with Crippen LogP contribution in [0.2, 0.25) is 0 Å². The molecular weight excluding hydrogens is 252 g/mol. The largest absolute Gasteiger partial charge is 0.491 e. The van der Waals surface area contributed by atoms with Gasteiger partial charge in [-0.25, -0.2) is 0 Å². The molecule has 1 aromatic heterocycles. The van der Waals surface area contributed by atoms with Crippen LogP contribution in [0.3, 0.4) is 0 Å². The number of hydrogen-bond acceptors (Lipinski definition) is 3. The third-order valence-electron chi connectivity index (χ3n) is 3.50. The predicted octanol–water partition coefficient (Wildman–Crippen LogP) is 2.80. The highest BCUT2D eigenvalue weighted by atomic mass is 16.5. The third kappa shape index (κ3) is 3.39. The van der Waals surface area contributed by atoms with E-state index in [-0.39, 0.29) is 6.10 Å². The van der Waals surface area contributed by atoms with E-state index in [2.05, 4.69) is 17.2 Å². The maximum Gasteiger partial charge on any atom is 0.119 e. The molecule has 20 heavy (non-hydrogen) atoms. The minimum absolute atomic E-state index is 0.265. The molecule has 0 spiro atoms. The van der Waals surface area contributed by atoms with Gasteiger partial charge >= 0.3 is 0 Å². The Hall–Kier alpha value is -1.81. The van der Waals surface area contributed by atoms with Gasteiger partial charge in [-0.2, -0.15) is 5.10 Å². The van der Waals surface area contributed by atoms with Crippen LogP contribution in [0.25, 0.3) is 0 Å². The Morgan fingerprint density at radius 2 is 2.15 bits per heavy atom. The number of aromatic nitrogens is 2. The molecule has 1 fully saturated rings. The molecule has 106 valence electrons. The first kappa shape index (κ1) is 13.2. The molecule has 0 saturated carbocycles. The minimum Gasteiger partial charge on any atom is -0.491 e. The minimum atomic E-state index is 0.265. The number of rotatable bonds is 5. The summed E-state index contributed by atoms with van der Waals surface area (Å²) >= 11 is 0. The molecule has 1 aliphatic heterocycles. The van der Waals surface area contributed by atoms with Crippen LogP contribution in [0.4, 0.5) is 0 Å². The van der Waals surface area contributed by atoms with Gasteiger partial charge in [0.1, 0.15) is 12.4 Å². The molecule has 2 aromatic rings. The average molecular weight is 272 g/mol. The summed E-state index contributed by atoms with van der Waals surface area (Å²) in [6.45, 7) is 4.31. The number of aryl methyl sites for hydroxylation is 1. The third-order valence-corrected chi connectivity index (χ3v) is 3.50. The summed E-state index contributed by atoms with van der Waals surface area (Å²) in [5.74, 6) is 0.904. The van der Waals surface area contributed by atoms with Gasteiger partial charge in [0.15, 0.2) is 0 Å². The Morgan fingerprint density at radius 1 is 1.30 bits per heavy atom. The quantitative estimate of drug-likeness (QED) is 0.839. The van der Waals surface area contributed by atoms with Crippen molar-refractivity contribution in [3.8, 4) is 5.75 Å². The Labute approximate surface area is 119 Å². The first-order valence-electron chi connectivity index (χ1n) is 7.13. The second-order valence-corrected chi connectivity index (χ2v) is 5.24. The Balaban J connectivity index is 1.54. The maximum atomic E-state index is 5.75. The van der Waals surface area contributed by atoms with Crippen LogP contribution in [0.1, 0.15) is 24.1 Å². The van der Waals surface area contributed by atoms with Crippen molar-refractivity contribution in [1.82, 2.24) is 9.78 Å². The van der Waals surface area contributed by atoms with Crippen molar-refractivity contribution in [2.75, 3.05) is 13.2 Å². The molecule has 0 N–H and O–H groups in total. The van der Waals surface area contributed by atoms with Gasteiger partial charge in [0.2, 0.25) is 0 Å². The molecule has 2 heterocycles. The lowest BCUT2D eigenvalue weighted by molar-refractivity contribution is 0.0679. The molecule has 4 heteroatoms. The lowest BCUT2D eigenvalue weighted by Gasteiger charge is -2.11. The lowest BCUT2D eigenvalue weighted by Crippen LogP contribution is -2.16. The highest BCUT2D eigenvalue weighted by Gasteiger charge is 2.15. The molecule has 0 radical (unpaired) electrons. The van der Waals surface area contributed by atoms with Crippen LogP contribution in [0.5, 0.6) is 5.75 Å². The molecule has 0 amide bonds. The van der Waals surface area contributed by atoms with E-state index in [1.54, 1.807) is 0 Å². The Bertz CT molecular complexity index is 542. The highest BCUT2D eigenvalue weighted by Crippen LogP contribution is 2.17. The SMILES string of the molecule is Cc1ccn(Cc2ccc(OC[C@@H]3CCCO3)cc2)n1. The van der Waals surface area contributed by atoms with Crippen molar-refractivity contribution >= 4 is 0 Å². The van der Waals surface area contributed by atoms with Crippen LogP contribution in [-0.4, -0.2) is 29.1 Å². The van der Waals surface area contributed by atoms with Crippen molar-refractivity contribution in [2.45, 2.75) is 32.4 Å². The predicted molar refractivity (Wildman–Crippen MR) is 77.0 cm³/mol. The van der Waals surface area contributed by atoms with Crippen LogP contribution in [0.15, 0.2) is 36.5 Å². The van der Waals surface area contributed by atoms with Gasteiger partial charge in [-0.1, -0.05) is 12.1 Å². The van der Waals surface area contributed by atoms with Crippen LogP contribution in [0, 0.1) is 6.92 Å². The van der Waals surface area contributed by atoms with Gasteiger partial charge in [-0.05, 0) is 43.5 Å². The van der Waals surface area contributed by atoms with E-state index >= 15 is 0 Å². The van der Waals surface area contributed by atoms with E-state index in [9.17, 15) is 0 Å². The van der Waals surface area contributed by atoms with Crippen LogP contribution >= 0.6 is 0 Å².